The molecule has 27 heavy (non-hydrogen) atoms. The molecule has 0 saturated carbocycles. The van der Waals surface area contributed by atoms with Crippen molar-refractivity contribution in [3.05, 3.63) is 77.9 Å². The zero-order valence-corrected chi connectivity index (χ0v) is 15.6. The molecule has 0 aliphatic rings. The standard InChI is InChI=1S/C22H23N3O2/c1-16(2)13-22(27)20-10-6-9-19(24-20)21(26)12-11-17-14-23-25(15-17)18-7-4-3-5-8-18/h3-10,14-16H,11-13H2,1-2H3. The lowest BCUT2D eigenvalue weighted by molar-refractivity contribution is 0.0962. The molecular formula is C22H23N3O2. The van der Waals surface area contributed by atoms with Crippen LogP contribution < -0.4 is 0 Å². The summed E-state index contributed by atoms with van der Waals surface area (Å²) in [6.07, 6.45) is 5.05. The SMILES string of the molecule is CC(C)CC(=O)c1cccc(C(=O)CCc2cnn(-c3ccccc3)c2)n1. The van der Waals surface area contributed by atoms with Gasteiger partial charge < -0.3 is 0 Å². The molecule has 0 aliphatic heterocycles. The summed E-state index contributed by atoms with van der Waals surface area (Å²) in [7, 11) is 0. The Balaban J connectivity index is 1.63. The normalized spacial score (nSPS) is 10.9. The number of pyridine rings is 1. The number of hydrogen-bond donors (Lipinski definition) is 0. The first kappa shape index (κ1) is 18.7. The number of para-hydroxylation sites is 1. The number of nitrogens with zero attached hydrogens (tertiary/aromatic N) is 3. The number of benzene rings is 1. The predicted octanol–water partition coefficient (Wildman–Crippen LogP) is 4.31. The highest BCUT2D eigenvalue weighted by Gasteiger charge is 2.14. The van der Waals surface area contributed by atoms with E-state index < -0.39 is 0 Å². The molecule has 5 nitrogen and oxygen atoms in total. The van der Waals surface area contributed by atoms with Gasteiger partial charge in [-0.2, -0.15) is 5.10 Å². The summed E-state index contributed by atoms with van der Waals surface area (Å²) in [5, 5.41) is 4.35. The van der Waals surface area contributed by atoms with Crippen LogP contribution in [0.5, 0.6) is 0 Å². The monoisotopic (exact) mass is 361 g/mol. The number of aromatic nitrogens is 3. The van der Waals surface area contributed by atoms with E-state index in [2.05, 4.69) is 10.1 Å². The molecule has 1 aromatic carbocycles. The van der Waals surface area contributed by atoms with Gasteiger partial charge in [-0.3, -0.25) is 9.59 Å². The second-order valence-corrected chi connectivity index (χ2v) is 6.98. The summed E-state index contributed by atoms with van der Waals surface area (Å²) in [4.78, 5) is 28.9. The average molecular weight is 361 g/mol. The van der Waals surface area contributed by atoms with Crippen LogP contribution >= 0.6 is 0 Å². The van der Waals surface area contributed by atoms with E-state index in [1.165, 1.54) is 0 Å². The van der Waals surface area contributed by atoms with Gasteiger partial charge in [0.25, 0.3) is 0 Å². The Morgan fingerprint density at radius 1 is 0.963 bits per heavy atom. The second kappa shape index (κ2) is 8.54. The first-order valence-corrected chi connectivity index (χ1v) is 9.15. The molecule has 0 bridgehead atoms. The van der Waals surface area contributed by atoms with Gasteiger partial charge in [-0.05, 0) is 42.2 Å². The van der Waals surface area contributed by atoms with Crippen molar-refractivity contribution >= 4 is 11.6 Å². The fraction of sp³-hybridized carbons (Fsp3) is 0.273. The summed E-state index contributed by atoms with van der Waals surface area (Å²) in [6, 6.07) is 14.9. The Kier molecular flexibility index (Phi) is 5.91. The fourth-order valence-corrected chi connectivity index (χ4v) is 2.82. The summed E-state index contributed by atoms with van der Waals surface area (Å²) in [5.74, 6) is 0.172. The Morgan fingerprint density at radius 3 is 2.37 bits per heavy atom. The van der Waals surface area contributed by atoms with Gasteiger partial charge in [0, 0.05) is 19.0 Å². The van der Waals surface area contributed by atoms with Crippen molar-refractivity contribution in [3.63, 3.8) is 0 Å². The summed E-state index contributed by atoms with van der Waals surface area (Å²) in [5.41, 5.74) is 2.68. The van der Waals surface area contributed by atoms with E-state index in [-0.39, 0.29) is 17.5 Å². The first-order valence-electron chi connectivity index (χ1n) is 9.15. The van der Waals surface area contributed by atoms with E-state index >= 15 is 0 Å². The van der Waals surface area contributed by atoms with Crippen molar-refractivity contribution in [3.8, 4) is 5.69 Å². The molecule has 0 N–H and O–H groups in total. The number of hydrogen-bond acceptors (Lipinski definition) is 4. The van der Waals surface area contributed by atoms with Crippen LogP contribution in [0.3, 0.4) is 0 Å². The van der Waals surface area contributed by atoms with E-state index in [0.29, 0.717) is 30.7 Å². The smallest absolute Gasteiger partial charge is 0.181 e. The van der Waals surface area contributed by atoms with Gasteiger partial charge in [0.2, 0.25) is 0 Å². The van der Waals surface area contributed by atoms with E-state index in [1.54, 1.807) is 29.1 Å². The Bertz CT molecular complexity index is 929. The van der Waals surface area contributed by atoms with Crippen LogP contribution in [0.15, 0.2) is 60.9 Å². The molecule has 0 spiro atoms. The lowest BCUT2D eigenvalue weighted by Crippen LogP contribution is -2.10. The molecule has 3 aromatic rings. The van der Waals surface area contributed by atoms with Gasteiger partial charge in [-0.15, -0.1) is 0 Å². The topological polar surface area (TPSA) is 64.8 Å². The Hall–Kier alpha value is -3.08. The van der Waals surface area contributed by atoms with Gasteiger partial charge in [0.05, 0.1) is 11.9 Å². The number of Topliss-reactive ketones (excluding diaryl/α,β-unsaturated/α-hetero) is 2. The molecular weight excluding hydrogens is 338 g/mol. The third kappa shape index (κ3) is 4.97. The highest BCUT2D eigenvalue weighted by molar-refractivity contribution is 5.98. The lowest BCUT2D eigenvalue weighted by Gasteiger charge is -2.05. The number of ketones is 2. The van der Waals surface area contributed by atoms with Crippen LogP contribution in [-0.2, 0) is 6.42 Å². The largest absolute Gasteiger partial charge is 0.292 e. The lowest BCUT2D eigenvalue weighted by atomic mass is 10.0. The van der Waals surface area contributed by atoms with E-state index in [9.17, 15) is 9.59 Å². The zero-order valence-electron chi connectivity index (χ0n) is 15.6. The van der Waals surface area contributed by atoms with Crippen LogP contribution in [0.4, 0.5) is 0 Å². The van der Waals surface area contributed by atoms with Crippen molar-refractivity contribution in [2.24, 2.45) is 5.92 Å². The minimum absolute atomic E-state index is 0.0243. The van der Waals surface area contributed by atoms with Gasteiger partial charge in [-0.25, -0.2) is 9.67 Å². The van der Waals surface area contributed by atoms with Crippen molar-refractivity contribution in [1.82, 2.24) is 14.8 Å². The maximum Gasteiger partial charge on any atom is 0.181 e. The molecule has 138 valence electrons. The van der Waals surface area contributed by atoms with Crippen LogP contribution in [0.25, 0.3) is 5.69 Å². The average Bonchev–Trinajstić information content (AvgIpc) is 3.15. The molecule has 5 heteroatoms. The van der Waals surface area contributed by atoms with Gasteiger partial charge in [-0.1, -0.05) is 38.1 Å². The minimum Gasteiger partial charge on any atom is -0.292 e. The first-order chi connectivity index (χ1) is 13.0. The van der Waals surface area contributed by atoms with Crippen LogP contribution in [-0.4, -0.2) is 26.3 Å². The third-order valence-electron chi connectivity index (χ3n) is 4.21. The molecule has 0 radical (unpaired) electrons. The maximum absolute atomic E-state index is 12.5. The molecule has 0 amide bonds. The van der Waals surface area contributed by atoms with Crippen molar-refractivity contribution in [2.75, 3.05) is 0 Å². The van der Waals surface area contributed by atoms with Crippen LogP contribution in [0.1, 0.15) is 53.2 Å². The van der Waals surface area contributed by atoms with E-state index in [0.717, 1.165) is 11.3 Å². The quantitative estimate of drug-likeness (QED) is 0.561. The van der Waals surface area contributed by atoms with Crippen molar-refractivity contribution in [1.29, 1.82) is 0 Å². The summed E-state index contributed by atoms with van der Waals surface area (Å²) >= 11 is 0. The number of carbonyl (C=O) groups excluding carboxylic acids is 2. The summed E-state index contributed by atoms with van der Waals surface area (Å²) < 4.78 is 1.79. The van der Waals surface area contributed by atoms with Crippen molar-refractivity contribution < 1.29 is 9.59 Å². The van der Waals surface area contributed by atoms with Gasteiger partial charge in [0.15, 0.2) is 11.6 Å². The maximum atomic E-state index is 12.5. The minimum atomic E-state index is -0.0679. The highest BCUT2D eigenvalue weighted by atomic mass is 16.1. The van der Waals surface area contributed by atoms with E-state index in [4.69, 9.17) is 0 Å². The Morgan fingerprint density at radius 2 is 1.67 bits per heavy atom. The van der Waals surface area contributed by atoms with Crippen LogP contribution in [0.2, 0.25) is 0 Å². The fourth-order valence-electron chi connectivity index (χ4n) is 2.82. The molecule has 0 aliphatic carbocycles. The number of aryl methyl sites for hydroxylation is 1. The molecule has 3 rings (SSSR count). The second-order valence-electron chi connectivity index (χ2n) is 6.98. The third-order valence-corrected chi connectivity index (χ3v) is 4.21. The van der Waals surface area contributed by atoms with Crippen molar-refractivity contribution in [2.45, 2.75) is 33.1 Å². The zero-order chi connectivity index (χ0) is 19.2. The molecule has 2 heterocycles. The molecule has 2 aromatic heterocycles. The number of carbonyl (C=O) groups is 2. The number of rotatable bonds is 8. The van der Waals surface area contributed by atoms with Crippen LogP contribution in [0, 0.1) is 5.92 Å². The molecule has 0 unspecified atom stereocenters. The van der Waals surface area contributed by atoms with Gasteiger partial charge >= 0.3 is 0 Å². The summed E-state index contributed by atoms with van der Waals surface area (Å²) in [6.45, 7) is 3.98. The molecule has 0 saturated heterocycles. The predicted molar refractivity (Wildman–Crippen MR) is 104 cm³/mol. The van der Waals surface area contributed by atoms with E-state index in [1.807, 2.05) is 50.4 Å². The van der Waals surface area contributed by atoms with Gasteiger partial charge in [0.1, 0.15) is 11.4 Å². The molecule has 0 fully saturated rings. The molecule has 0 atom stereocenters. The Labute approximate surface area is 159 Å². The highest BCUT2D eigenvalue weighted by Crippen LogP contribution is 2.12.